The van der Waals surface area contributed by atoms with E-state index >= 15 is 0 Å². The average molecular weight is 340 g/mol. The van der Waals surface area contributed by atoms with Gasteiger partial charge in [0.05, 0.1) is 0 Å². The predicted molar refractivity (Wildman–Crippen MR) is 57.8 cm³/mol. The molecule has 0 aliphatic rings. The van der Waals surface area contributed by atoms with Gasteiger partial charge in [0, 0.05) is 37.2 Å². The smallest absolute Gasteiger partial charge is 0 e. The third kappa shape index (κ3) is 10.4. The van der Waals surface area contributed by atoms with Crippen LogP contribution in [0, 0.1) is 5.92 Å². The first-order valence-corrected chi connectivity index (χ1v) is 9.24. The number of hydrogen-bond donors (Lipinski definition) is 0. The first-order valence-electron chi connectivity index (χ1n) is 2.95. The second kappa shape index (κ2) is 11.3. The molecule has 0 fully saturated rings. The Kier molecular flexibility index (Phi) is 17.2. The molecule has 0 amide bonds. The van der Waals surface area contributed by atoms with Crippen LogP contribution >= 0.6 is 37.2 Å². The van der Waals surface area contributed by atoms with Gasteiger partial charge in [0.25, 0.3) is 0 Å². The van der Waals surface area contributed by atoms with Gasteiger partial charge in [-0.2, -0.15) is 0 Å². The largest absolute Gasteiger partial charge is 0.0651 e. The van der Waals surface area contributed by atoms with Crippen LogP contribution in [0.1, 0.15) is 33.6 Å². The van der Waals surface area contributed by atoms with Crippen LogP contribution in [0.5, 0.6) is 0 Å². The van der Waals surface area contributed by atoms with Gasteiger partial charge in [-0.1, -0.05) is 33.6 Å². The Morgan fingerprint density at radius 1 is 1.12 bits per heavy atom. The van der Waals surface area contributed by atoms with Gasteiger partial charge in [0.15, 0.2) is 0 Å². The third-order valence-electron chi connectivity index (χ3n) is 1.39. The van der Waals surface area contributed by atoms with E-state index < -0.39 is 0 Å². The summed E-state index contributed by atoms with van der Waals surface area (Å²) in [6, 6.07) is 0. The minimum absolute atomic E-state index is 0.935. The maximum atomic E-state index is 2.28. The molecule has 0 rings (SSSR count). The van der Waals surface area contributed by atoms with E-state index in [1.54, 1.807) is 0 Å². The van der Waals surface area contributed by atoms with Crippen molar-refractivity contribution >= 4 is 37.2 Å². The van der Waals surface area contributed by atoms with Crippen LogP contribution < -0.4 is 0 Å². The minimum atomic E-state index is 0.935. The normalized spacial score (nSPS) is 8.25. The van der Waals surface area contributed by atoms with Crippen molar-refractivity contribution in [2.75, 3.05) is 0 Å². The Labute approximate surface area is 76.1 Å². The van der Waals surface area contributed by atoms with E-state index in [1.807, 2.05) is 0 Å². The highest BCUT2D eigenvalue weighted by atomic mass is 128. The molecule has 0 aromatic heterocycles. The number of hydrogen-bond acceptors (Lipinski definition) is 0. The predicted octanol–water partition coefficient (Wildman–Crippen LogP) is 4.21. The van der Waals surface area contributed by atoms with Gasteiger partial charge in [0.1, 0.15) is 0 Å². The molecule has 0 unspecified atom stereocenters. The second-order valence-corrected chi connectivity index (χ2v) is 1.92. The standard InChI is InChI=1S/C6H14.I2/c1-4-6(3)5-2;1-2/h6H,4-5H2,1-3H3;. The first-order chi connectivity index (χ1) is 3.81. The molecule has 0 aromatic rings. The van der Waals surface area contributed by atoms with Crippen LogP contribution in [-0.2, 0) is 0 Å². The fourth-order valence-electron chi connectivity index (χ4n) is 0.289. The highest BCUT2D eigenvalue weighted by Crippen LogP contribution is 2.02. The maximum Gasteiger partial charge on any atom is 0 e. The topological polar surface area (TPSA) is 0 Å². The molecule has 0 nitrogen and oxygen atoms in total. The van der Waals surface area contributed by atoms with Crippen LogP contribution in [0.15, 0.2) is 0 Å². The van der Waals surface area contributed by atoms with Crippen molar-refractivity contribution in [3.05, 3.63) is 0 Å². The van der Waals surface area contributed by atoms with Gasteiger partial charge in [-0.25, -0.2) is 0 Å². The van der Waals surface area contributed by atoms with Crippen LogP contribution in [0.25, 0.3) is 0 Å². The molecule has 0 radical (unpaired) electrons. The van der Waals surface area contributed by atoms with Gasteiger partial charge in [-0.15, -0.1) is 0 Å². The molecule has 0 aromatic carbocycles. The summed E-state index contributed by atoms with van der Waals surface area (Å²) >= 11 is 4.24. The second-order valence-electron chi connectivity index (χ2n) is 1.92. The Morgan fingerprint density at radius 2 is 1.38 bits per heavy atom. The van der Waals surface area contributed by atoms with Crippen LogP contribution in [0.2, 0.25) is 0 Å². The molecule has 0 heterocycles. The van der Waals surface area contributed by atoms with Crippen LogP contribution in [0.4, 0.5) is 0 Å². The Morgan fingerprint density at radius 3 is 1.38 bits per heavy atom. The monoisotopic (exact) mass is 340 g/mol. The zero-order valence-corrected chi connectivity index (χ0v) is 10.1. The summed E-state index contributed by atoms with van der Waals surface area (Å²) in [7, 11) is 0. The molecule has 0 aliphatic carbocycles. The molecule has 0 bridgehead atoms. The van der Waals surface area contributed by atoms with Crippen molar-refractivity contribution in [1.29, 1.82) is 0 Å². The Bertz CT molecular complexity index is 25.7. The first kappa shape index (κ1) is 12.2. The molecule has 52 valence electrons. The zero-order valence-electron chi connectivity index (χ0n) is 5.75. The summed E-state index contributed by atoms with van der Waals surface area (Å²) in [4.78, 5) is 0. The molecule has 0 aliphatic heterocycles. The van der Waals surface area contributed by atoms with Crippen molar-refractivity contribution in [3.8, 4) is 0 Å². The van der Waals surface area contributed by atoms with Gasteiger partial charge < -0.3 is 0 Å². The summed E-state index contributed by atoms with van der Waals surface area (Å²) in [6.07, 6.45) is 2.66. The molecule has 8 heavy (non-hydrogen) atoms. The van der Waals surface area contributed by atoms with Crippen molar-refractivity contribution in [1.82, 2.24) is 0 Å². The maximum absolute atomic E-state index is 2.28. The molecule has 0 saturated carbocycles. The van der Waals surface area contributed by atoms with Crippen molar-refractivity contribution in [3.63, 3.8) is 0 Å². The summed E-state index contributed by atoms with van der Waals surface area (Å²) in [5, 5.41) is 0. The van der Waals surface area contributed by atoms with E-state index in [0.717, 1.165) is 5.92 Å². The Hall–Kier alpha value is 1.46. The fourth-order valence-corrected chi connectivity index (χ4v) is 0.289. The summed E-state index contributed by atoms with van der Waals surface area (Å²) < 4.78 is 0. The lowest BCUT2D eigenvalue weighted by Gasteiger charge is -1.98. The van der Waals surface area contributed by atoms with E-state index in [2.05, 4.69) is 58.0 Å². The number of rotatable bonds is 2. The SMILES string of the molecule is CCC(C)CC.II. The fraction of sp³-hybridized carbons (Fsp3) is 1.00. The van der Waals surface area contributed by atoms with E-state index in [-0.39, 0.29) is 0 Å². The quantitative estimate of drug-likeness (QED) is 0.661. The van der Waals surface area contributed by atoms with Gasteiger partial charge >= 0.3 is 0 Å². The average Bonchev–Trinajstić information content (AvgIpc) is 1.91. The molecule has 0 saturated heterocycles. The molecular formula is C6H14I2. The zero-order chi connectivity index (χ0) is 6.99. The summed E-state index contributed by atoms with van der Waals surface area (Å²) in [5.74, 6) is 0.935. The van der Waals surface area contributed by atoms with Gasteiger partial charge in [-0.3, -0.25) is 0 Å². The number of halogens is 2. The van der Waals surface area contributed by atoms with Crippen LogP contribution in [-0.4, -0.2) is 0 Å². The third-order valence-corrected chi connectivity index (χ3v) is 1.39. The van der Waals surface area contributed by atoms with Crippen molar-refractivity contribution in [2.45, 2.75) is 33.6 Å². The summed E-state index contributed by atoms with van der Waals surface area (Å²) in [5.41, 5.74) is 0. The van der Waals surface area contributed by atoms with Gasteiger partial charge in [-0.05, 0) is 5.92 Å². The molecule has 0 spiro atoms. The van der Waals surface area contributed by atoms with E-state index in [1.165, 1.54) is 12.8 Å². The summed E-state index contributed by atoms with van der Waals surface area (Å²) in [6.45, 7) is 6.74. The molecular weight excluding hydrogens is 326 g/mol. The van der Waals surface area contributed by atoms with Gasteiger partial charge in [0.2, 0.25) is 0 Å². The molecule has 0 atom stereocenters. The lowest BCUT2D eigenvalue weighted by atomic mass is 10.1. The molecule has 0 N–H and O–H groups in total. The highest BCUT2D eigenvalue weighted by molar-refractivity contribution is 15.0. The van der Waals surface area contributed by atoms with E-state index in [9.17, 15) is 0 Å². The lowest BCUT2D eigenvalue weighted by molar-refractivity contribution is 0.544. The van der Waals surface area contributed by atoms with E-state index in [4.69, 9.17) is 0 Å². The highest BCUT2D eigenvalue weighted by Gasteiger charge is 1.88. The minimum Gasteiger partial charge on any atom is -0.0651 e. The van der Waals surface area contributed by atoms with Crippen molar-refractivity contribution in [2.24, 2.45) is 5.92 Å². The van der Waals surface area contributed by atoms with Crippen LogP contribution in [0.3, 0.4) is 0 Å². The molecule has 2 heteroatoms. The Balaban J connectivity index is 0. The van der Waals surface area contributed by atoms with E-state index in [0.29, 0.717) is 0 Å². The lowest BCUT2D eigenvalue weighted by Crippen LogP contribution is -1.85. The van der Waals surface area contributed by atoms with Crippen molar-refractivity contribution < 1.29 is 0 Å².